The molecule has 4 rings (SSSR count). The zero-order chi connectivity index (χ0) is 20.2. The van der Waals surface area contributed by atoms with Gasteiger partial charge in [0.25, 0.3) is 0 Å². The van der Waals surface area contributed by atoms with Gasteiger partial charge in [0.1, 0.15) is 5.69 Å². The number of anilines is 1. The van der Waals surface area contributed by atoms with Crippen molar-refractivity contribution in [3.8, 4) is 28.6 Å². The number of aromatic hydroxyl groups is 3. The quantitative estimate of drug-likeness (QED) is 0.407. The minimum absolute atomic E-state index is 0.109. The van der Waals surface area contributed by atoms with Gasteiger partial charge in [0.15, 0.2) is 22.8 Å². The molecule has 0 aliphatic carbocycles. The predicted molar refractivity (Wildman–Crippen MR) is 107 cm³/mol. The number of benzene rings is 2. The van der Waals surface area contributed by atoms with Crippen molar-refractivity contribution in [2.75, 3.05) is 16.6 Å². The number of hydrogen-bond donors (Lipinski definition) is 5. The number of aryl methyl sites for hydroxylation is 1. The summed E-state index contributed by atoms with van der Waals surface area (Å²) < 4.78 is 28.0. The summed E-state index contributed by atoms with van der Waals surface area (Å²) in [5, 5.41) is 29.8. The highest BCUT2D eigenvalue weighted by Gasteiger charge is 2.32. The molecule has 2 heterocycles. The van der Waals surface area contributed by atoms with E-state index in [1.54, 1.807) is 19.1 Å². The van der Waals surface area contributed by atoms with Crippen LogP contribution < -0.4 is 9.73 Å². The number of fused-ring (bicyclic) bond motifs is 1. The monoisotopic (exact) mass is 405 g/mol. The second-order valence-electron chi connectivity index (χ2n) is 6.77. The first-order valence-electron chi connectivity index (χ1n) is 8.55. The van der Waals surface area contributed by atoms with Crippen LogP contribution in [0.3, 0.4) is 0 Å². The molecule has 0 amide bonds. The molecular formula is C19H19NO7S. The van der Waals surface area contributed by atoms with Gasteiger partial charge in [-0.25, -0.2) is 0 Å². The molecule has 0 saturated carbocycles. The van der Waals surface area contributed by atoms with Crippen molar-refractivity contribution in [3.63, 3.8) is 0 Å². The Morgan fingerprint density at radius 3 is 2.46 bits per heavy atom. The second-order valence-corrected chi connectivity index (χ2v) is 8.88. The average Bonchev–Trinajstić information content (AvgIpc) is 2.99. The molecule has 8 nitrogen and oxygen atoms in total. The molecule has 1 aromatic heterocycles. The van der Waals surface area contributed by atoms with Gasteiger partial charge >= 0.3 is 0 Å². The molecule has 1 saturated heterocycles. The maximum atomic E-state index is 12.8. The fourth-order valence-electron chi connectivity index (χ4n) is 3.39. The normalized spacial score (nSPS) is 17.2. The Hall–Kier alpha value is -2.88. The van der Waals surface area contributed by atoms with Crippen LogP contribution in [-0.4, -0.2) is 36.7 Å². The van der Waals surface area contributed by atoms with E-state index in [9.17, 15) is 29.2 Å². The summed E-state index contributed by atoms with van der Waals surface area (Å²) in [7, 11) is -3.03. The van der Waals surface area contributed by atoms with Gasteiger partial charge in [0.2, 0.25) is 11.2 Å². The van der Waals surface area contributed by atoms with Gasteiger partial charge in [-0.3, -0.25) is 18.2 Å². The zero-order valence-electron chi connectivity index (χ0n) is 14.9. The topological polar surface area (TPSA) is 135 Å². The number of phenolic OH excluding ortho intramolecular Hbond substituents is 2. The van der Waals surface area contributed by atoms with Crippen molar-refractivity contribution in [3.05, 3.63) is 46.1 Å². The Balaban J connectivity index is 2.03. The Kier molecular flexibility index (Phi) is 4.18. The van der Waals surface area contributed by atoms with E-state index in [-0.39, 0.29) is 33.8 Å². The molecule has 0 atom stereocenters. The van der Waals surface area contributed by atoms with Crippen LogP contribution in [0.4, 0.5) is 5.69 Å². The highest BCUT2D eigenvalue weighted by molar-refractivity contribution is 8.25. The van der Waals surface area contributed by atoms with Gasteiger partial charge in [0.05, 0.1) is 11.1 Å². The molecule has 1 aliphatic rings. The van der Waals surface area contributed by atoms with Crippen molar-refractivity contribution in [2.24, 2.45) is 0 Å². The van der Waals surface area contributed by atoms with E-state index in [0.29, 0.717) is 24.2 Å². The van der Waals surface area contributed by atoms with Crippen molar-refractivity contribution in [2.45, 2.75) is 13.3 Å². The lowest BCUT2D eigenvalue weighted by Crippen LogP contribution is -2.22. The molecular weight excluding hydrogens is 386 g/mol. The first-order valence-corrected chi connectivity index (χ1v) is 10.2. The van der Waals surface area contributed by atoms with Gasteiger partial charge in [0, 0.05) is 12.1 Å². The van der Waals surface area contributed by atoms with Crippen LogP contribution in [0.2, 0.25) is 0 Å². The molecule has 0 spiro atoms. The minimum atomic E-state index is -3.03. The van der Waals surface area contributed by atoms with Crippen molar-refractivity contribution in [1.29, 1.82) is 0 Å². The molecule has 3 aromatic rings. The van der Waals surface area contributed by atoms with Gasteiger partial charge in [-0.15, -0.1) is 10.8 Å². The first kappa shape index (κ1) is 18.5. The lowest BCUT2D eigenvalue weighted by atomic mass is 10.1. The molecule has 0 bridgehead atoms. The van der Waals surface area contributed by atoms with E-state index in [0.717, 1.165) is 6.07 Å². The van der Waals surface area contributed by atoms with Crippen LogP contribution in [0.15, 0.2) is 39.5 Å². The van der Waals surface area contributed by atoms with E-state index >= 15 is 0 Å². The lowest BCUT2D eigenvalue weighted by molar-refractivity contribution is 0.403. The molecule has 28 heavy (non-hydrogen) atoms. The summed E-state index contributed by atoms with van der Waals surface area (Å²) in [5.41, 5.74) is 0.675. The highest BCUT2D eigenvalue weighted by Crippen LogP contribution is 2.53. The summed E-state index contributed by atoms with van der Waals surface area (Å²) in [4.78, 5) is 12.8. The fourth-order valence-corrected chi connectivity index (χ4v) is 5.00. The maximum absolute atomic E-state index is 12.8. The smallest absolute Gasteiger partial charge is 0.235 e. The van der Waals surface area contributed by atoms with Crippen molar-refractivity contribution < 1.29 is 28.8 Å². The standard InChI is InChI=1S/C19H19NO7S/c1-10-7-12-16(23)17(24)18(11-3-4-14(21)15(22)9-11)27-19(12)13(8-10)20-5-2-6-28(20,25)26/h3-4,7-9,21-22,24-26H,2,5-6H2,1H3. The Labute approximate surface area is 161 Å². The molecule has 9 heteroatoms. The maximum Gasteiger partial charge on any atom is 0.235 e. The van der Waals surface area contributed by atoms with E-state index in [2.05, 4.69) is 0 Å². The fraction of sp³-hybridized carbons (Fsp3) is 0.211. The summed E-state index contributed by atoms with van der Waals surface area (Å²) in [6.07, 6.45) is 0.582. The van der Waals surface area contributed by atoms with E-state index in [1.165, 1.54) is 16.4 Å². The minimum Gasteiger partial charge on any atom is -0.504 e. The molecule has 148 valence electrons. The van der Waals surface area contributed by atoms with Gasteiger partial charge < -0.3 is 19.7 Å². The van der Waals surface area contributed by atoms with E-state index in [1.807, 2.05) is 0 Å². The zero-order valence-corrected chi connectivity index (χ0v) is 15.7. The van der Waals surface area contributed by atoms with Gasteiger partial charge in [-0.1, -0.05) is 0 Å². The van der Waals surface area contributed by atoms with E-state index in [4.69, 9.17) is 4.42 Å². The van der Waals surface area contributed by atoms with Crippen molar-refractivity contribution in [1.82, 2.24) is 0 Å². The van der Waals surface area contributed by atoms with Crippen LogP contribution in [-0.2, 0) is 0 Å². The third kappa shape index (κ3) is 2.84. The van der Waals surface area contributed by atoms with Crippen LogP contribution in [0, 0.1) is 6.92 Å². The molecule has 1 aliphatic heterocycles. The van der Waals surface area contributed by atoms with E-state index < -0.39 is 27.7 Å². The largest absolute Gasteiger partial charge is 0.504 e. The molecule has 2 aromatic carbocycles. The van der Waals surface area contributed by atoms with Crippen molar-refractivity contribution >= 4 is 27.4 Å². The van der Waals surface area contributed by atoms with Crippen LogP contribution in [0.25, 0.3) is 22.3 Å². The molecule has 0 unspecified atom stereocenters. The number of nitrogens with zero attached hydrogens (tertiary/aromatic N) is 1. The molecule has 1 fully saturated rings. The van der Waals surface area contributed by atoms with Crippen LogP contribution >= 0.6 is 10.8 Å². The average molecular weight is 405 g/mol. The Morgan fingerprint density at radius 1 is 1.07 bits per heavy atom. The predicted octanol–water partition coefficient (Wildman–Crippen LogP) is 3.76. The second kappa shape index (κ2) is 6.33. The SMILES string of the molecule is Cc1cc(N2CCCS2(O)O)c2oc(-c3ccc(O)c(O)c3)c(O)c(=O)c2c1. The summed E-state index contributed by atoms with van der Waals surface area (Å²) in [5.74, 6) is -1.38. The summed E-state index contributed by atoms with van der Waals surface area (Å²) in [6, 6.07) is 7.01. The number of hydrogen-bond acceptors (Lipinski definition) is 8. The Morgan fingerprint density at radius 2 is 1.82 bits per heavy atom. The summed E-state index contributed by atoms with van der Waals surface area (Å²) >= 11 is 0. The van der Waals surface area contributed by atoms with Crippen LogP contribution in [0.5, 0.6) is 17.2 Å². The van der Waals surface area contributed by atoms with Gasteiger partial charge in [-0.2, -0.15) is 0 Å². The third-order valence-corrected chi connectivity index (χ3v) is 6.65. The molecule has 0 radical (unpaired) electrons. The molecule has 5 N–H and O–H groups in total. The lowest BCUT2D eigenvalue weighted by Gasteiger charge is -2.38. The first-order chi connectivity index (χ1) is 13.2. The Bertz CT molecular complexity index is 1160. The highest BCUT2D eigenvalue weighted by atomic mass is 32.3. The number of rotatable bonds is 2. The summed E-state index contributed by atoms with van der Waals surface area (Å²) in [6.45, 7) is 2.15. The third-order valence-electron chi connectivity index (χ3n) is 4.73. The van der Waals surface area contributed by atoms with Crippen LogP contribution in [0.1, 0.15) is 12.0 Å². The number of phenols is 2. The van der Waals surface area contributed by atoms with Gasteiger partial charge in [-0.05, 0) is 49.2 Å².